The molecule has 2 aliphatic rings. The van der Waals surface area contributed by atoms with Gasteiger partial charge in [0.05, 0.1) is 27.3 Å². The van der Waals surface area contributed by atoms with E-state index in [0.717, 1.165) is 26.2 Å². The van der Waals surface area contributed by atoms with E-state index in [4.69, 9.17) is 15.2 Å². The van der Waals surface area contributed by atoms with Gasteiger partial charge in [-0.1, -0.05) is 0 Å². The van der Waals surface area contributed by atoms with Crippen LogP contribution < -0.4 is 10.6 Å². The molecule has 11 nitrogen and oxygen atoms in total. The molecule has 31 heavy (non-hydrogen) atoms. The second kappa shape index (κ2) is 10.2. The van der Waals surface area contributed by atoms with Crippen LogP contribution in [0.25, 0.3) is 0 Å². The molecule has 1 atom stereocenters. The number of nitrogens with two attached hydrogens (primary N) is 1. The van der Waals surface area contributed by atoms with Crippen LogP contribution in [0, 0.1) is 0 Å². The third kappa shape index (κ3) is 5.92. The van der Waals surface area contributed by atoms with Gasteiger partial charge < -0.3 is 19.9 Å². The van der Waals surface area contributed by atoms with Crippen LogP contribution in [0.5, 0.6) is 0 Å². The lowest BCUT2D eigenvalue weighted by Gasteiger charge is -2.34. The van der Waals surface area contributed by atoms with E-state index < -0.39 is 12.2 Å². The highest BCUT2D eigenvalue weighted by Gasteiger charge is 2.34. The second-order valence-electron chi connectivity index (χ2n) is 7.28. The number of rotatable bonds is 6. The molecule has 11 heteroatoms. The van der Waals surface area contributed by atoms with Crippen molar-refractivity contribution < 1.29 is 28.6 Å². The highest BCUT2D eigenvalue weighted by Crippen LogP contribution is 2.23. The maximum absolute atomic E-state index is 12.4. The van der Waals surface area contributed by atoms with Crippen molar-refractivity contribution >= 4 is 29.7 Å². The zero-order valence-corrected chi connectivity index (χ0v) is 17.7. The first kappa shape index (κ1) is 22.5. The Morgan fingerprint density at radius 1 is 1.10 bits per heavy atom. The summed E-state index contributed by atoms with van der Waals surface area (Å²) in [6, 6.07) is 6.81. The molecule has 2 saturated heterocycles. The van der Waals surface area contributed by atoms with Gasteiger partial charge in [-0.05, 0) is 24.3 Å². The number of amides is 2. The number of cyclic esters (lactones) is 1. The molecule has 0 unspecified atom stereocenters. The number of piperazine rings is 1. The zero-order chi connectivity index (χ0) is 22.4. The number of hydrogen-bond donors (Lipinski definition) is 1. The monoisotopic (exact) mass is 433 g/mol. The number of methoxy groups -OCH3 is 2. The van der Waals surface area contributed by atoms with Gasteiger partial charge >= 0.3 is 18.2 Å². The molecular weight excluding hydrogens is 406 g/mol. The maximum atomic E-state index is 12.4. The molecule has 1 aromatic carbocycles. The van der Waals surface area contributed by atoms with E-state index >= 15 is 0 Å². The predicted octanol–water partition coefficient (Wildman–Crippen LogP) is 0.274. The number of carbonyl (C=O) groups excluding carboxylic acids is 3. The van der Waals surface area contributed by atoms with Crippen molar-refractivity contribution in [3.8, 4) is 0 Å². The molecule has 0 radical (unpaired) electrons. The largest absolute Gasteiger partial charge is 0.468 e. The molecule has 2 aliphatic heterocycles. The Bertz CT molecular complexity index is 835. The van der Waals surface area contributed by atoms with E-state index in [0.29, 0.717) is 30.9 Å². The first-order valence-corrected chi connectivity index (χ1v) is 9.92. The molecule has 2 fully saturated rings. The van der Waals surface area contributed by atoms with Gasteiger partial charge in [-0.3, -0.25) is 19.5 Å². The molecule has 3 rings (SSSR count). The quantitative estimate of drug-likeness (QED) is 0.291. The van der Waals surface area contributed by atoms with Crippen LogP contribution in [0.3, 0.4) is 0 Å². The summed E-state index contributed by atoms with van der Waals surface area (Å²) in [6.07, 6.45) is -1.43. The van der Waals surface area contributed by atoms with Crippen molar-refractivity contribution in [2.45, 2.75) is 6.10 Å². The Morgan fingerprint density at radius 2 is 1.74 bits per heavy atom. The molecule has 0 aliphatic carbocycles. The number of ether oxygens (including phenoxy) is 3. The summed E-state index contributed by atoms with van der Waals surface area (Å²) in [5, 5.41) is 0. The summed E-state index contributed by atoms with van der Waals surface area (Å²) in [4.78, 5) is 44.4. The number of hydrogen-bond acceptors (Lipinski definition) is 8. The standard InChI is InChI=1S/C20H27N5O6/c1-29-17(26)13-24-9-7-23(8-10-24)11-16-12-25(20(28)31-16)15-5-3-14(4-6-15)18(21)22-19(27)30-2/h3-6,16H,7-13H2,1-2H3,(H2,21,22,27)/t16-/m1/s1. The molecule has 168 valence electrons. The predicted molar refractivity (Wildman–Crippen MR) is 112 cm³/mol. The molecule has 0 bridgehead atoms. The maximum Gasteiger partial charge on any atom is 0.435 e. The second-order valence-corrected chi connectivity index (χ2v) is 7.28. The summed E-state index contributed by atoms with van der Waals surface area (Å²) in [6.45, 7) is 4.46. The van der Waals surface area contributed by atoms with Crippen LogP contribution in [0.4, 0.5) is 15.3 Å². The molecule has 0 spiro atoms. The lowest BCUT2D eigenvalue weighted by molar-refractivity contribution is -0.142. The SMILES string of the molecule is COC(=O)CN1CCN(C[C@@H]2CN(c3ccc(/C(N)=N\C(=O)OC)cc3)C(=O)O2)CC1. The number of esters is 1. The Morgan fingerprint density at radius 3 is 2.35 bits per heavy atom. The average Bonchev–Trinajstić information content (AvgIpc) is 3.14. The number of carbonyl (C=O) groups is 3. The highest BCUT2D eigenvalue weighted by molar-refractivity contribution is 6.03. The van der Waals surface area contributed by atoms with Crippen LogP contribution in [0.15, 0.2) is 29.3 Å². The van der Waals surface area contributed by atoms with E-state index in [-0.39, 0.29) is 17.9 Å². The third-order valence-electron chi connectivity index (χ3n) is 5.24. The van der Waals surface area contributed by atoms with Crippen LogP contribution in [-0.2, 0) is 19.0 Å². The topological polar surface area (TPSA) is 127 Å². The number of aliphatic imine (C=N–C) groups is 1. The fraction of sp³-hybridized carbons (Fsp3) is 0.500. The van der Waals surface area contributed by atoms with Gasteiger partial charge in [0.15, 0.2) is 0 Å². The lowest BCUT2D eigenvalue weighted by atomic mass is 10.1. The molecule has 2 N–H and O–H groups in total. The Balaban J connectivity index is 1.52. The van der Waals surface area contributed by atoms with Gasteiger partial charge in [0.25, 0.3) is 0 Å². The molecular formula is C20H27N5O6. The minimum atomic E-state index is -0.779. The van der Waals surface area contributed by atoms with E-state index in [1.807, 2.05) is 4.90 Å². The summed E-state index contributed by atoms with van der Waals surface area (Å²) < 4.78 is 14.7. The smallest absolute Gasteiger partial charge is 0.435 e. The summed E-state index contributed by atoms with van der Waals surface area (Å²) in [5.74, 6) is -0.204. The first-order chi connectivity index (χ1) is 14.9. The summed E-state index contributed by atoms with van der Waals surface area (Å²) in [7, 11) is 2.61. The normalized spacial score (nSPS) is 20.5. The minimum Gasteiger partial charge on any atom is -0.468 e. The molecule has 2 heterocycles. The van der Waals surface area contributed by atoms with E-state index in [9.17, 15) is 14.4 Å². The molecule has 0 aromatic heterocycles. The number of benzene rings is 1. The molecule has 2 amide bonds. The summed E-state index contributed by atoms with van der Waals surface area (Å²) >= 11 is 0. The minimum absolute atomic E-state index is 0.0339. The fourth-order valence-electron chi connectivity index (χ4n) is 3.51. The van der Waals surface area contributed by atoms with Crippen molar-refractivity contribution in [3.05, 3.63) is 29.8 Å². The van der Waals surface area contributed by atoms with Gasteiger partial charge in [0, 0.05) is 44.0 Å². The Hall–Kier alpha value is -3.18. The van der Waals surface area contributed by atoms with Crippen LogP contribution in [-0.4, -0.2) is 99.9 Å². The van der Waals surface area contributed by atoms with Gasteiger partial charge in [-0.15, -0.1) is 0 Å². The lowest BCUT2D eigenvalue weighted by Crippen LogP contribution is -2.50. The van der Waals surface area contributed by atoms with E-state index in [1.54, 1.807) is 29.2 Å². The van der Waals surface area contributed by atoms with Gasteiger partial charge in [0.1, 0.15) is 11.9 Å². The first-order valence-electron chi connectivity index (χ1n) is 9.92. The average molecular weight is 433 g/mol. The Labute approximate surface area is 180 Å². The third-order valence-corrected chi connectivity index (χ3v) is 5.24. The number of anilines is 1. The fourth-order valence-corrected chi connectivity index (χ4v) is 3.51. The van der Waals surface area contributed by atoms with Crippen LogP contribution >= 0.6 is 0 Å². The number of amidine groups is 1. The van der Waals surface area contributed by atoms with Crippen LogP contribution in [0.1, 0.15) is 5.56 Å². The van der Waals surface area contributed by atoms with Crippen LogP contribution in [0.2, 0.25) is 0 Å². The zero-order valence-electron chi connectivity index (χ0n) is 17.7. The van der Waals surface area contributed by atoms with Crippen molar-refractivity contribution in [1.29, 1.82) is 0 Å². The van der Waals surface area contributed by atoms with Crippen molar-refractivity contribution in [1.82, 2.24) is 9.80 Å². The van der Waals surface area contributed by atoms with Crippen molar-refractivity contribution in [2.75, 3.05) is 64.9 Å². The van der Waals surface area contributed by atoms with Crippen molar-refractivity contribution in [2.24, 2.45) is 10.7 Å². The molecule has 1 aromatic rings. The highest BCUT2D eigenvalue weighted by atomic mass is 16.6. The Kier molecular flexibility index (Phi) is 7.42. The van der Waals surface area contributed by atoms with Crippen molar-refractivity contribution in [3.63, 3.8) is 0 Å². The van der Waals surface area contributed by atoms with E-state index in [2.05, 4.69) is 14.6 Å². The van der Waals surface area contributed by atoms with Gasteiger partial charge in [-0.25, -0.2) is 9.59 Å². The van der Waals surface area contributed by atoms with E-state index in [1.165, 1.54) is 14.2 Å². The number of nitrogens with zero attached hydrogens (tertiary/aromatic N) is 4. The summed E-state index contributed by atoms with van der Waals surface area (Å²) in [5.41, 5.74) is 7.00. The van der Waals surface area contributed by atoms with Gasteiger partial charge in [0.2, 0.25) is 0 Å². The molecule has 0 saturated carbocycles. The van der Waals surface area contributed by atoms with Gasteiger partial charge in [-0.2, -0.15) is 4.99 Å².